The third-order valence-electron chi connectivity index (χ3n) is 4.96. The Bertz CT molecular complexity index is 1160. The van der Waals surface area contributed by atoms with Gasteiger partial charge in [-0.15, -0.1) is 10.8 Å². The maximum atomic E-state index is 14.8. The van der Waals surface area contributed by atoms with Gasteiger partial charge in [-0.2, -0.15) is 5.26 Å². The molecule has 11 heteroatoms. The maximum Gasteiger partial charge on any atom is 0.210 e. The predicted molar refractivity (Wildman–Crippen MR) is 113 cm³/mol. The van der Waals surface area contributed by atoms with E-state index in [-0.39, 0.29) is 28.3 Å². The molecule has 0 bridgehead atoms. The Kier molecular flexibility index (Phi) is 5.75. The van der Waals surface area contributed by atoms with Crippen LogP contribution in [-0.4, -0.2) is 37.2 Å². The monoisotopic (exact) mass is 451 g/mol. The summed E-state index contributed by atoms with van der Waals surface area (Å²) in [6, 6.07) is 5.33. The SMILES string of the molecule is Cc1cc(C#N)cnc1C(F)=Cc1cc(F)c(F)c(C2(C)CS(O)(O)N(C)C(N)=N2)c1. The number of hydrogen-bond acceptors (Lipinski definition) is 7. The third-order valence-corrected chi connectivity index (χ3v) is 6.97. The Morgan fingerprint density at radius 3 is 2.61 bits per heavy atom. The van der Waals surface area contributed by atoms with Crippen LogP contribution in [0.4, 0.5) is 13.2 Å². The standard InChI is InChI=1S/C20H20F3N5O2S/c1-11-4-13(8-24)9-26-18(11)16(22)7-12-5-14(17(23)15(21)6-12)20(2)10-31(29,30)28(3)19(25)27-20/h4-7,9,29-30H,10H2,1-3H3,(H2,25,27). The molecule has 1 atom stereocenters. The first-order valence-corrected chi connectivity index (χ1v) is 10.6. The smallest absolute Gasteiger partial charge is 0.210 e. The number of aliphatic imine (C=N–C) groups is 1. The lowest BCUT2D eigenvalue weighted by Gasteiger charge is -2.49. The molecule has 1 aromatic carbocycles. The number of pyridine rings is 1. The Balaban J connectivity index is 2.10. The van der Waals surface area contributed by atoms with Crippen LogP contribution in [0.1, 0.15) is 34.9 Å². The highest BCUT2D eigenvalue weighted by Crippen LogP contribution is 2.51. The molecule has 2 heterocycles. The topological polar surface area (TPSA) is 119 Å². The van der Waals surface area contributed by atoms with Gasteiger partial charge in [0.1, 0.15) is 23.1 Å². The van der Waals surface area contributed by atoms with Crippen LogP contribution >= 0.6 is 10.8 Å². The van der Waals surface area contributed by atoms with Gasteiger partial charge in [0.05, 0.1) is 11.3 Å². The molecule has 1 unspecified atom stereocenters. The Labute approximate surface area is 178 Å². The van der Waals surface area contributed by atoms with E-state index in [9.17, 15) is 22.3 Å². The van der Waals surface area contributed by atoms with Crippen LogP contribution in [0.5, 0.6) is 0 Å². The van der Waals surface area contributed by atoms with Crippen molar-refractivity contribution in [1.82, 2.24) is 9.29 Å². The van der Waals surface area contributed by atoms with Crippen molar-refractivity contribution in [3.63, 3.8) is 0 Å². The highest BCUT2D eigenvalue weighted by Gasteiger charge is 2.42. The van der Waals surface area contributed by atoms with E-state index < -0.39 is 39.5 Å². The molecule has 1 aliphatic rings. The van der Waals surface area contributed by atoms with Gasteiger partial charge in [0.2, 0.25) is 5.96 Å². The summed E-state index contributed by atoms with van der Waals surface area (Å²) in [5.41, 5.74) is 4.43. The van der Waals surface area contributed by atoms with Crippen LogP contribution in [0.25, 0.3) is 11.9 Å². The van der Waals surface area contributed by atoms with E-state index in [0.717, 1.165) is 16.4 Å². The normalized spacial score (nSPS) is 22.0. The molecule has 164 valence electrons. The quantitative estimate of drug-likeness (QED) is 0.645. The zero-order valence-corrected chi connectivity index (χ0v) is 17.7. The van der Waals surface area contributed by atoms with Crippen molar-refractivity contribution in [3.8, 4) is 6.07 Å². The first-order chi connectivity index (χ1) is 14.4. The fraction of sp³-hybridized carbons (Fsp3) is 0.250. The largest absolute Gasteiger partial charge is 0.369 e. The lowest BCUT2D eigenvalue weighted by atomic mass is 9.92. The molecule has 0 spiro atoms. The second kappa shape index (κ2) is 7.88. The minimum absolute atomic E-state index is 0.0256. The fourth-order valence-corrected chi connectivity index (χ4v) is 4.81. The first kappa shape index (κ1) is 22.6. The number of guanidine groups is 1. The van der Waals surface area contributed by atoms with Crippen LogP contribution in [-0.2, 0) is 5.54 Å². The van der Waals surface area contributed by atoms with Crippen molar-refractivity contribution in [2.75, 3.05) is 12.8 Å². The lowest BCUT2D eigenvalue weighted by Crippen LogP contribution is -2.48. The Morgan fingerprint density at radius 2 is 2.03 bits per heavy atom. The average Bonchev–Trinajstić information content (AvgIpc) is 2.68. The molecule has 1 aliphatic heterocycles. The highest BCUT2D eigenvalue weighted by molar-refractivity contribution is 8.22. The number of rotatable bonds is 3. The summed E-state index contributed by atoms with van der Waals surface area (Å²) < 4.78 is 65.4. The van der Waals surface area contributed by atoms with Gasteiger partial charge in [0, 0.05) is 18.8 Å². The number of benzene rings is 1. The van der Waals surface area contributed by atoms with Crippen molar-refractivity contribution in [2.45, 2.75) is 19.4 Å². The van der Waals surface area contributed by atoms with Crippen LogP contribution in [0.15, 0.2) is 29.4 Å². The summed E-state index contributed by atoms with van der Waals surface area (Å²) >= 11 is 0. The molecule has 0 saturated heterocycles. The molecule has 1 aromatic heterocycles. The zero-order chi connectivity index (χ0) is 23.1. The first-order valence-electron chi connectivity index (χ1n) is 8.97. The van der Waals surface area contributed by atoms with E-state index in [1.807, 2.05) is 6.07 Å². The van der Waals surface area contributed by atoms with Gasteiger partial charge in [-0.25, -0.2) is 22.5 Å². The van der Waals surface area contributed by atoms with Crippen molar-refractivity contribution in [2.24, 2.45) is 10.7 Å². The predicted octanol–water partition coefficient (Wildman–Crippen LogP) is 4.15. The van der Waals surface area contributed by atoms with Gasteiger partial charge in [-0.05, 0) is 49.2 Å². The van der Waals surface area contributed by atoms with Gasteiger partial charge in [0.15, 0.2) is 11.6 Å². The molecule has 2 aromatic rings. The molecule has 0 saturated carbocycles. The second-order valence-electron chi connectivity index (χ2n) is 7.38. The third kappa shape index (κ3) is 4.23. The number of nitrogens with two attached hydrogens (primary N) is 1. The average molecular weight is 451 g/mol. The van der Waals surface area contributed by atoms with Gasteiger partial charge >= 0.3 is 0 Å². The van der Waals surface area contributed by atoms with Crippen molar-refractivity contribution < 1.29 is 22.3 Å². The molecule has 4 N–H and O–H groups in total. The van der Waals surface area contributed by atoms with Gasteiger partial charge < -0.3 is 5.73 Å². The minimum atomic E-state index is -3.42. The Morgan fingerprint density at radius 1 is 1.35 bits per heavy atom. The van der Waals surface area contributed by atoms with Crippen LogP contribution in [0.3, 0.4) is 0 Å². The minimum Gasteiger partial charge on any atom is -0.369 e. The van der Waals surface area contributed by atoms with E-state index in [4.69, 9.17) is 11.0 Å². The molecule has 3 rings (SSSR count). The maximum absolute atomic E-state index is 14.8. The number of nitrogens with zero attached hydrogens (tertiary/aromatic N) is 4. The molecular formula is C20H20F3N5O2S. The van der Waals surface area contributed by atoms with Crippen molar-refractivity contribution in [3.05, 3.63) is 64.0 Å². The summed E-state index contributed by atoms with van der Waals surface area (Å²) in [5, 5.41) is 8.90. The summed E-state index contributed by atoms with van der Waals surface area (Å²) in [4.78, 5) is 8.04. The number of halogens is 3. The fourth-order valence-electron chi connectivity index (χ4n) is 3.30. The van der Waals surface area contributed by atoms with Crippen molar-refractivity contribution in [1.29, 1.82) is 5.26 Å². The van der Waals surface area contributed by atoms with Gasteiger partial charge in [-0.1, -0.05) is 0 Å². The summed E-state index contributed by atoms with van der Waals surface area (Å²) in [5.74, 6) is -4.01. The molecule has 31 heavy (non-hydrogen) atoms. The molecular weight excluding hydrogens is 431 g/mol. The molecule has 0 aliphatic carbocycles. The Hall–Kier alpha value is -3.07. The summed E-state index contributed by atoms with van der Waals surface area (Å²) in [6.45, 7) is 2.95. The number of aromatic nitrogens is 1. The summed E-state index contributed by atoms with van der Waals surface area (Å²) in [7, 11) is -2.10. The van der Waals surface area contributed by atoms with Gasteiger partial charge in [-0.3, -0.25) is 14.1 Å². The lowest BCUT2D eigenvalue weighted by molar-refractivity contribution is 0.386. The van der Waals surface area contributed by atoms with Crippen LogP contribution in [0.2, 0.25) is 0 Å². The van der Waals surface area contributed by atoms with E-state index in [2.05, 4.69) is 9.98 Å². The van der Waals surface area contributed by atoms with Crippen LogP contribution in [0, 0.1) is 29.9 Å². The molecule has 0 radical (unpaired) electrons. The molecule has 0 amide bonds. The molecule has 7 nitrogen and oxygen atoms in total. The number of nitriles is 1. The zero-order valence-electron chi connectivity index (χ0n) is 16.9. The summed E-state index contributed by atoms with van der Waals surface area (Å²) in [6.07, 6.45) is 2.17. The van der Waals surface area contributed by atoms with E-state index >= 15 is 0 Å². The second-order valence-corrected chi connectivity index (χ2v) is 9.48. The van der Waals surface area contributed by atoms with Gasteiger partial charge in [0.25, 0.3) is 0 Å². The number of aryl methyl sites for hydroxylation is 1. The van der Waals surface area contributed by atoms with Crippen molar-refractivity contribution >= 4 is 28.6 Å². The molecule has 0 fully saturated rings. The highest BCUT2D eigenvalue weighted by atomic mass is 32.3. The van der Waals surface area contributed by atoms with Crippen LogP contribution < -0.4 is 5.73 Å². The van der Waals surface area contributed by atoms with E-state index in [0.29, 0.717) is 5.56 Å². The number of hydrogen-bond donors (Lipinski definition) is 3. The van der Waals surface area contributed by atoms with E-state index in [1.165, 1.54) is 32.3 Å². The van der Waals surface area contributed by atoms with E-state index in [1.54, 1.807) is 6.92 Å².